The first-order valence-corrected chi connectivity index (χ1v) is 3.57. The standard InChI is InChI=1S/C7H15NO3/c1-3-7(2,4-9)5-11-6(8)10/h9H,3-5H2,1-2H3,(H2,8,10)/t7-/m1/s1. The minimum atomic E-state index is -0.793. The van der Waals surface area contributed by atoms with E-state index in [1.54, 1.807) is 0 Å². The highest BCUT2D eigenvalue weighted by Crippen LogP contribution is 2.19. The second-order valence-electron chi connectivity index (χ2n) is 2.93. The van der Waals surface area contributed by atoms with Crippen LogP contribution in [0.5, 0.6) is 0 Å². The first-order valence-electron chi connectivity index (χ1n) is 3.57. The van der Waals surface area contributed by atoms with E-state index in [1.165, 1.54) is 0 Å². The lowest BCUT2D eigenvalue weighted by molar-refractivity contribution is 0.0509. The number of amides is 1. The van der Waals surface area contributed by atoms with Crippen LogP contribution in [0.1, 0.15) is 20.3 Å². The second-order valence-corrected chi connectivity index (χ2v) is 2.93. The lowest BCUT2D eigenvalue weighted by atomic mass is 9.90. The molecule has 0 unspecified atom stereocenters. The van der Waals surface area contributed by atoms with Crippen LogP contribution in [-0.4, -0.2) is 24.4 Å². The first kappa shape index (κ1) is 10.2. The summed E-state index contributed by atoms with van der Waals surface area (Å²) in [6.45, 7) is 3.92. The minimum absolute atomic E-state index is 0.00319. The number of hydrogen-bond donors (Lipinski definition) is 2. The van der Waals surface area contributed by atoms with Crippen molar-refractivity contribution in [2.45, 2.75) is 20.3 Å². The second kappa shape index (κ2) is 4.18. The van der Waals surface area contributed by atoms with Gasteiger partial charge in [-0.05, 0) is 6.42 Å². The molecule has 0 aromatic rings. The fourth-order valence-corrected chi connectivity index (χ4v) is 0.505. The highest BCUT2D eigenvalue weighted by Gasteiger charge is 2.22. The highest BCUT2D eigenvalue weighted by molar-refractivity contribution is 5.64. The van der Waals surface area contributed by atoms with Gasteiger partial charge >= 0.3 is 6.09 Å². The molecule has 3 N–H and O–H groups in total. The number of rotatable bonds is 4. The number of carbonyl (C=O) groups is 1. The van der Waals surface area contributed by atoms with Crippen molar-refractivity contribution in [2.24, 2.45) is 11.1 Å². The molecule has 0 fully saturated rings. The number of primary amides is 1. The lowest BCUT2D eigenvalue weighted by Gasteiger charge is -2.23. The Morgan fingerprint density at radius 2 is 2.27 bits per heavy atom. The van der Waals surface area contributed by atoms with Crippen LogP contribution >= 0.6 is 0 Å². The predicted molar refractivity (Wildman–Crippen MR) is 41.0 cm³/mol. The van der Waals surface area contributed by atoms with Crippen molar-refractivity contribution in [2.75, 3.05) is 13.2 Å². The molecule has 0 heterocycles. The van der Waals surface area contributed by atoms with Crippen LogP contribution in [0.4, 0.5) is 4.79 Å². The Kier molecular flexibility index (Phi) is 3.89. The summed E-state index contributed by atoms with van der Waals surface area (Å²) in [6.07, 6.45) is -0.0466. The molecule has 0 aromatic carbocycles. The maximum atomic E-state index is 10.2. The normalized spacial score (nSPS) is 15.5. The number of ether oxygens (including phenoxy) is 1. The number of hydrogen-bond acceptors (Lipinski definition) is 3. The molecule has 0 saturated heterocycles. The predicted octanol–water partition coefficient (Wildman–Crippen LogP) is 0.490. The summed E-state index contributed by atoms with van der Waals surface area (Å²) < 4.78 is 4.57. The van der Waals surface area contributed by atoms with Gasteiger partial charge in [0, 0.05) is 5.41 Å². The summed E-state index contributed by atoms with van der Waals surface area (Å²) >= 11 is 0. The molecule has 0 rings (SSSR count). The Labute approximate surface area is 66.3 Å². The van der Waals surface area contributed by atoms with Crippen LogP contribution in [0.2, 0.25) is 0 Å². The quantitative estimate of drug-likeness (QED) is 0.630. The number of carbonyl (C=O) groups excluding carboxylic acids is 1. The molecule has 0 aliphatic carbocycles. The van der Waals surface area contributed by atoms with Gasteiger partial charge in [0.15, 0.2) is 0 Å². The highest BCUT2D eigenvalue weighted by atomic mass is 16.5. The number of aliphatic hydroxyl groups excluding tert-OH is 1. The van der Waals surface area contributed by atoms with Crippen molar-refractivity contribution >= 4 is 6.09 Å². The molecule has 0 bridgehead atoms. The van der Waals surface area contributed by atoms with Gasteiger partial charge in [-0.2, -0.15) is 0 Å². The van der Waals surface area contributed by atoms with Crippen molar-refractivity contribution in [1.29, 1.82) is 0 Å². The average molecular weight is 161 g/mol. The van der Waals surface area contributed by atoms with Gasteiger partial charge in [0.1, 0.15) is 6.61 Å². The fraction of sp³-hybridized carbons (Fsp3) is 0.857. The van der Waals surface area contributed by atoms with Crippen molar-refractivity contribution < 1.29 is 14.6 Å². The molecule has 0 radical (unpaired) electrons. The molecule has 0 aliphatic heterocycles. The SMILES string of the molecule is CC[C@](C)(CO)COC(N)=O. The largest absolute Gasteiger partial charge is 0.449 e. The summed E-state index contributed by atoms with van der Waals surface area (Å²) in [6, 6.07) is 0. The van der Waals surface area contributed by atoms with Gasteiger partial charge in [-0.25, -0.2) is 4.79 Å². The number of nitrogens with two attached hydrogens (primary N) is 1. The van der Waals surface area contributed by atoms with Crippen LogP contribution in [0.15, 0.2) is 0 Å². The van der Waals surface area contributed by atoms with E-state index in [2.05, 4.69) is 4.74 Å². The smallest absolute Gasteiger partial charge is 0.404 e. The molecule has 0 spiro atoms. The van der Waals surface area contributed by atoms with Crippen LogP contribution in [-0.2, 0) is 4.74 Å². The van der Waals surface area contributed by atoms with Gasteiger partial charge in [-0.3, -0.25) is 0 Å². The van der Waals surface area contributed by atoms with E-state index in [9.17, 15) is 4.79 Å². The van der Waals surface area contributed by atoms with Crippen LogP contribution in [0.25, 0.3) is 0 Å². The molecular formula is C7H15NO3. The third kappa shape index (κ3) is 3.83. The molecular weight excluding hydrogens is 146 g/mol. The summed E-state index contributed by atoms with van der Waals surface area (Å²) in [5.74, 6) is 0. The third-order valence-electron chi connectivity index (χ3n) is 1.80. The van der Waals surface area contributed by atoms with Gasteiger partial charge in [0.25, 0.3) is 0 Å². The Hall–Kier alpha value is -0.770. The zero-order chi connectivity index (χ0) is 8.91. The third-order valence-corrected chi connectivity index (χ3v) is 1.80. The Morgan fingerprint density at radius 1 is 1.73 bits per heavy atom. The molecule has 0 saturated carbocycles. The van der Waals surface area contributed by atoms with E-state index in [4.69, 9.17) is 10.8 Å². The molecule has 4 heteroatoms. The maximum absolute atomic E-state index is 10.2. The van der Waals surface area contributed by atoms with Crippen LogP contribution < -0.4 is 5.73 Å². The molecule has 11 heavy (non-hydrogen) atoms. The van der Waals surface area contributed by atoms with E-state index in [0.717, 1.165) is 6.42 Å². The topological polar surface area (TPSA) is 72.6 Å². The Bertz CT molecular complexity index is 132. The summed E-state index contributed by atoms with van der Waals surface area (Å²) in [7, 11) is 0. The zero-order valence-corrected chi connectivity index (χ0v) is 6.96. The van der Waals surface area contributed by atoms with Crippen molar-refractivity contribution in [3.63, 3.8) is 0 Å². The lowest BCUT2D eigenvalue weighted by Crippen LogP contribution is -2.29. The minimum Gasteiger partial charge on any atom is -0.449 e. The molecule has 0 aliphatic rings. The molecule has 4 nitrogen and oxygen atoms in total. The van der Waals surface area contributed by atoms with E-state index < -0.39 is 6.09 Å². The fourth-order valence-electron chi connectivity index (χ4n) is 0.505. The van der Waals surface area contributed by atoms with Gasteiger partial charge < -0.3 is 15.6 Å². The van der Waals surface area contributed by atoms with E-state index in [1.807, 2.05) is 13.8 Å². The van der Waals surface area contributed by atoms with Gasteiger partial charge in [0.2, 0.25) is 0 Å². The molecule has 1 atom stereocenters. The molecule has 1 amide bonds. The Balaban J connectivity index is 3.78. The average Bonchev–Trinajstić information content (AvgIpc) is 2.00. The van der Waals surface area contributed by atoms with E-state index >= 15 is 0 Å². The van der Waals surface area contributed by atoms with Crippen LogP contribution in [0.3, 0.4) is 0 Å². The summed E-state index contributed by atoms with van der Waals surface area (Å²) in [5, 5.41) is 8.87. The Morgan fingerprint density at radius 3 is 2.55 bits per heavy atom. The maximum Gasteiger partial charge on any atom is 0.404 e. The van der Waals surface area contributed by atoms with Crippen molar-refractivity contribution in [1.82, 2.24) is 0 Å². The van der Waals surface area contributed by atoms with E-state index in [0.29, 0.717) is 0 Å². The zero-order valence-electron chi connectivity index (χ0n) is 6.96. The van der Waals surface area contributed by atoms with Crippen molar-refractivity contribution in [3.8, 4) is 0 Å². The first-order chi connectivity index (χ1) is 5.04. The molecule has 0 aromatic heterocycles. The summed E-state index contributed by atoms with van der Waals surface area (Å²) in [4.78, 5) is 10.2. The van der Waals surface area contributed by atoms with Gasteiger partial charge in [0.05, 0.1) is 6.61 Å². The van der Waals surface area contributed by atoms with Gasteiger partial charge in [-0.15, -0.1) is 0 Å². The number of aliphatic hydroxyl groups is 1. The van der Waals surface area contributed by atoms with Gasteiger partial charge in [-0.1, -0.05) is 13.8 Å². The monoisotopic (exact) mass is 161 g/mol. The van der Waals surface area contributed by atoms with E-state index in [-0.39, 0.29) is 18.6 Å². The molecule has 66 valence electrons. The van der Waals surface area contributed by atoms with Crippen LogP contribution in [0, 0.1) is 5.41 Å². The van der Waals surface area contributed by atoms with Crippen molar-refractivity contribution in [3.05, 3.63) is 0 Å². The summed E-state index contributed by atoms with van der Waals surface area (Å²) in [5.41, 5.74) is 4.41.